The average molecular weight is 646 g/mol. The Labute approximate surface area is 268 Å². The molecule has 0 saturated heterocycles. The molecule has 0 spiro atoms. The highest BCUT2D eigenvalue weighted by atomic mass is 35.5. The molecule has 1 atom stereocenters. The third-order valence-electron chi connectivity index (χ3n) is 6.54. The van der Waals surface area contributed by atoms with E-state index in [9.17, 15) is 0 Å². The second-order valence-corrected chi connectivity index (χ2v) is 11.2. The fourth-order valence-corrected chi connectivity index (χ4v) is 5.11. The van der Waals surface area contributed by atoms with Gasteiger partial charge in [-0.05, 0) is 84.0 Å². The highest BCUT2D eigenvalue weighted by Gasteiger charge is 2.32. The summed E-state index contributed by atoms with van der Waals surface area (Å²) in [4.78, 5) is 13.7. The number of halogens is 3. The molecule has 0 bridgehead atoms. The zero-order valence-electron chi connectivity index (χ0n) is 22.4. The van der Waals surface area contributed by atoms with Gasteiger partial charge in [-0.25, -0.2) is 5.01 Å². The number of thiocarbonyl (C=S) groups is 1. The molecule has 43 heavy (non-hydrogen) atoms. The summed E-state index contributed by atoms with van der Waals surface area (Å²) in [6.45, 7) is 0. The minimum atomic E-state index is -0.160. The van der Waals surface area contributed by atoms with E-state index in [0.29, 0.717) is 38.5 Å². The Morgan fingerprint density at radius 2 is 1.14 bits per heavy atom. The number of aromatic nitrogens is 3. The van der Waals surface area contributed by atoms with Crippen LogP contribution in [-0.2, 0) is 0 Å². The van der Waals surface area contributed by atoms with Crippen LogP contribution in [0.2, 0.25) is 15.1 Å². The van der Waals surface area contributed by atoms with E-state index >= 15 is 0 Å². The highest BCUT2D eigenvalue weighted by Crippen LogP contribution is 2.34. The number of benzene rings is 4. The van der Waals surface area contributed by atoms with Crippen molar-refractivity contribution in [1.29, 1.82) is 0 Å². The fraction of sp³-hybridized carbons (Fsp3) is 0.0645. The van der Waals surface area contributed by atoms with Gasteiger partial charge in [0.1, 0.15) is 0 Å². The van der Waals surface area contributed by atoms with Crippen molar-refractivity contribution in [3.63, 3.8) is 0 Å². The Bertz CT molecular complexity index is 1700. The first-order valence-corrected chi connectivity index (χ1v) is 14.7. The predicted octanol–water partition coefficient (Wildman–Crippen LogP) is 8.87. The molecule has 5 aromatic rings. The van der Waals surface area contributed by atoms with Crippen molar-refractivity contribution in [1.82, 2.24) is 20.0 Å². The summed E-state index contributed by atoms with van der Waals surface area (Å²) < 4.78 is 0. The van der Waals surface area contributed by atoms with Crippen LogP contribution in [0.15, 0.2) is 108 Å². The third kappa shape index (κ3) is 7.21. The van der Waals surface area contributed by atoms with Gasteiger partial charge in [-0.3, -0.25) is 5.32 Å². The van der Waals surface area contributed by atoms with Crippen molar-refractivity contribution < 1.29 is 0 Å². The second-order valence-electron chi connectivity index (χ2n) is 9.53. The lowest BCUT2D eigenvalue weighted by Crippen LogP contribution is -2.32. The Balaban J connectivity index is 1.31. The maximum atomic E-state index is 6.18. The third-order valence-corrected chi connectivity index (χ3v) is 7.58. The molecular formula is C31H23Cl3N8S. The first-order valence-electron chi connectivity index (χ1n) is 13.2. The Morgan fingerprint density at radius 1 is 0.651 bits per heavy atom. The van der Waals surface area contributed by atoms with Crippen molar-refractivity contribution in [3.05, 3.63) is 129 Å². The van der Waals surface area contributed by atoms with Gasteiger partial charge in [0.15, 0.2) is 5.11 Å². The van der Waals surface area contributed by atoms with Crippen molar-refractivity contribution in [2.24, 2.45) is 5.10 Å². The lowest BCUT2D eigenvalue weighted by Gasteiger charge is -2.24. The maximum Gasteiger partial charge on any atom is 0.235 e. The summed E-state index contributed by atoms with van der Waals surface area (Å²) in [6.07, 6.45) is 0.650. The SMILES string of the molecule is S=C(Nc1nc(Nc2ccc(Cl)cc2)nc(Nc2ccc(Cl)cc2)n1)N1N=C(c2ccccc2)CC1c1ccc(Cl)cc1. The molecule has 0 fully saturated rings. The fourth-order valence-electron chi connectivity index (χ4n) is 4.47. The molecular weight excluding hydrogens is 623 g/mol. The normalized spacial score (nSPS) is 14.3. The molecule has 2 heterocycles. The summed E-state index contributed by atoms with van der Waals surface area (Å²) in [6, 6.07) is 32.0. The number of anilines is 5. The first kappa shape index (κ1) is 28.8. The number of hydrazone groups is 1. The number of nitrogens with zero attached hydrogens (tertiary/aromatic N) is 5. The molecule has 1 aliphatic heterocycles. The number of rotatable bonds is 7. The summed E-state index contributed by atoms with van der Waals surface area (Å²) in [5.41, 5.74) is 4.46. The molecule has 0 amide bonds. The van der Waals surface area contributed by atoms with E-state index in [1.165, 1.54) is 0 Å². The number of nitrogens with one attached hydrogen (secondary N) is 3. The summed E-state index contributed by atoms with van der Waals surface area (Å²) >= 11 is 24.2. The molecule has 3 N–H and O–H groups in total. The standard InChI is InChI=1S/C31H23Cl3N8S/c32-21-8-6-20(7-9-21)27-18-26(19-4-2-1-3-5-19)41-42(27)31(43)40-30-38-28(35-24-14-10-22(33)11-15-24)37-29(39-30)36-25-16-12-23(34)13-17-25/h1-17,27H,18H2,(H3,35,36,37,38,39,40,43). The highest BCUT2D eigenvalue weighted by molar-refractivity contribution is 7.80. The summed E-state index contributed by atoms with van der Waals surface area (Å²) in [5.74, 6) is 0.817. The zero-order chi connectivity index (χ0) is 29.8. The molecule has 1 aliphatic rings. The van der Waals surface area contributed by atoms with Gasteiger partial charge >= 0.3 is 0 Å². The van der Waals surface area contributed by atoms with Crippen LogP contribution in [0.3, 0.4) is 0 Å². The van der Waals surface area contributed by atoms with Crippen molar-refractivity contribution in [2.45, 2.75) is 12.5 Å². The lowest BCUT2D eigenvalue weighted by atomic mass is 9.99. The predicted molar refractivity (Wildman–Crippen MR) is 179 cm³/mol. The molecule has 12 heteroatoms. The van der Waals surface area contributed by atoms with Crippen LogP contribution in [0.4, 0.5) is 29.2 Å². The minimum Gasteiger partial charge on any atom is -0.324 e. The van der Waals surface area contributed by atoms with E-state index in [2.05, 4.69) is 30.9 Å². The van der Waals surface area contributed by atoms with Crippen molar-refractivity contribution in [2.75, 3.05) is 16.0 Å². The van der Waals surface area contributed by atoms with Crippen LogP contribution >= 0.6 is 47.0 Å². The van der Waals surface area contributed by atoms with Crippen LogP contribution in [0, 0.1) is 0 Å². The van der Waals surface area contributed by atoms with E-state index in [-0.39, 0.29) is 12.0 Å². The van der Waals surface area contributed by atoms with Crippen LogP contribution in [-0.4, -0.2) is 30.8 Å². The van der Waals surface area contributed by atoms with Gasteiger partial charge in [0.05, 0.1) is 11.8 Å². The minimum absolute atomic E-state index is 0.160. The van der Waals surface area contributed by atoms with E-state index in [1.807, 2.05) is 78.9 Å². The van der Waals surface area contributed by atoms with Gasteiger partial charge in [0, 0.05) is 32.9 Å². The van der Waals surface area contributed by atoms with Crippen LogP contribution < -0.4 is 16.0 Å². The lowest BCUT2D eigenvalue weighted by molar-refractivity contribution is 0.375. The molecule has 1 unspecified atom stereocenters. The van der Waals surface area contributed by atoms with Gasteiger partial charge in [-0.2, -0.15) is 20.1 Å². The van der Waals surface area contributed by atoms with Crippen LogP contribution in [0.5, 0.6) is 0 Å². The zero-order valence-corrected chi connectivity index (χ0v) is 25.5. The Kier molecular flexibility index (Phi) is 8.67. The molecule has 4 aromatic carbocycles. The molecule has 6 rings (SSSR count). The van der Waals surface area contributed by atoms with Gasteiger partial charge in [-0.1, -0.05) is 77.3 Å². The van der Waals surface area contributed by atoms with E-state index < -0.39 is 0 Å². The molecule has 0 radical (unpaired) electrons. The molecule has 8 nitrogen and oxygen atoms in total. The van der Waals surface area contributed by atoms with Crippen LogP contribution in [0.1, 0.15) is 23.6 Å². The smallest absolute Gasteiger partial charge is 0.235 e. The molecule has 1 aromatic heterocycles. The Morgan fingerprint density at radius 3 is 1.67 bits per heavy atom. The summed E-state index contributed by atoms with van der Waals surface area (Å²) in [7, 11) is 0. The summed E-state index contributed by atoms with van der Waals surface area (Å²) in [5, 5.41) is 18.5. The molecule has 214 valence electrons. The quantitative estimate of drug-likeness (QED) is 0.151. The first-order chi connectivity index (χ1) is 20.9. The second kappa shape index (κ2) is 12.9. The van der Waals surface area contributed by atoms with Gasteiger partial charge in [0.25, 0.3) is 0 Å². The largest absolute Gasteiger partial charge is 0.324 e. The van der Waals surface area contributed by atoms with Crippen molar-refractivity contribution in [3.8, 4) is 0 Å². The molecule has 0 saturated carbocycles. The van der Waals surface area contributed by atoms with Gasteiger partial charge in [0.2, 0.25) is 17.8 Å². The van der Waals surface area contributed by atoms with E-state index in [1.54, 1.807) is 29.3 Å². The monoisotopic (exact) mass is 644 g/mol. The number of hydrogen-bond acceptors (Lipinski definition) is 7. The van der Waals surface area contributed by atoms with Crippen molar-refractivity contribution >= 4 is 87.1 Å². The molecule has 0 aliphatic carbocycles. The number of hydrogen-bond donors (Lipinski definition) is 3. The Hall–Kier alpha value is -4.28. The average Bonchev–Trinajstić information content (AvgIpc) is 3.46. The van der Waals surface area contributed by atoms with Gasteiger partial charge in [-0.15, -0.1) is 0 Å². The van der Waals surface area contributed by atoms with E-state index in [0.717, 1.165) is 28.2 Å². The van der Waals surface area contributed by atoms with E-state index in [4.69, 9.17) is 52.1 Å². The maximum absolute atomic E-state index is 6.18. The van der Waals surface area contributed by atoms with Gasteiger partial charge < -0.3 is 10.6 Å². The topological polar surface area (TPSA) is 90.4 Å². The van der Waals surface area contributed by atoms with Crippen LogP contribution in [0.25, 0.3) is 0 Å².